The molecule has 17 heavy (non-hydrogen) atoms. The van der Waals surface area contributed by atoms with Crippen molar-refractivity contribution in [2.45, 2.75) is 37.6 Å². The van der Waals surface area contributed by atoms with Crippen molar-refractivity contribution in [3.63, 3.8) is 0 Å². The van der Waals surface area contributed by atoms with Crippen LogP contribution in [0.3, 0.4) is 0 Å². The number of hydrogen-bond donors (Lipinski definition) is 1. The minimum absolute atomic E-state index is 0.593. The van der Waals surface area contributed by atoms with E-state index in [4.69, 9.17) is 9.47 Å². The minimum atomic E-state index is -0.721. The van der Waals surface area contributed by atoms with Gasteiger partial charge >= 0.3 is 0 Å². The molecular formula is C14H20O3. The highest BCUT2D eigenvalue weighted by atomic mass is 16.7. The number of hydrogen-bond acceptors (Lipinski definition) is 3. The Bertz CT molecular complexity index is 356. The minimum Gasteiger partial charge on any atom is -0.383 e. The largest absolute Gasteiger partial charge is 0.383 e. The quantitative estimate of drug-likeness (QED) is 0.799. The van der Waals surface area contributed by atoms with Crippen LogP contribution in [0.1, 0.15) is 42.4 Å². The molecule has 0 aliphatic heterocycles. The maximum absolute atomic E-state index is 10.3. The molecular weight excluding hydrogens is 216 g/mol. The van der Waals surface area contributed by atoms with Gasteiger partial charge in [0, 0.05) is 14.2 Å². The van der Waals surface area contributed by atoms with Crippen LogP contribution >= 0.6 is 0 Å². The van der Waals surface area contributed by atoms with Gasteiger partial charge in [-0.3, -0.25) is 0 Å². The first kappa shape index (κ1) is 12.6. The molecule has 0 amide bonds. The standard InChI is InChI=1S/C14H20O3/c1-16-14(17-2)13(15)12-9-4-3-8-11(12)10-6-5-7-10/h3-4,8-10,13-15H,5-7H2,1-2H3. The summed E-state index contributed by atoms with van der Waals surface area (Å²) in [5.41, 5.74) is 2.18. The highest BCUT2D eigenvalue weighted by Crippen LogP contribution is 2.40. The first-order valence-corrected chi connectivity index (χ1v) is 6.10. The van der Waals surface area contributed by atoms with Gasteiger partial charge in [-0.1, -0.05) is 30.7 Å². The lowest BCUT2D eigenvalue weighted by Crippen LogP contribution is -2.25. The molecule has 3 nitrogen and oxygen atoms in total. The molecule has 1 aliphatic carbocycles. The summed E-state index contributed by atoms with van der Waals surface area (Å²) in [6.07, 6.45) is 2.40. The zero-order valence-electron chi connectivity index (χ0n) is 10.4. The molecule has 1 saturated carbocycles. The van der Waals surface area contributed by atoms with Crippen LogP contribution in [0.5, 0.6) is 0 Å². The van der Waals surface area contributed by atoms with Gasteiger partial charge < -0.3 is 14.6 Å². The number of aliphatic hydroxyl groups excluding tert-OH is 1. The van der Waals surface area contributed by atoms with Gasteiger partial charge in [0.25, 0.3) is 0 Å². The number of aliphatic hydroxyl groups is 1. The number of rotatable bonds is 5. The summed E-state index contributed by atoms with van der Waals surface area (Å²) in [6.45, 7) is 0. The average molecular weight is 236 g/mol. The van der Waals surface area contributed by atoms with Crippen LogP contribution in [0.15, 0.2) is 24.3 Å². The lowest BCUT2D eigenvalue weighted by atomic mass is 9.77. The summed E-state index contributed by atoms with van der Waals surface area (Å²) in [6, 6.07) is 8.04. The fraction of sp³-hybridized carbons (Fsp3) is 0.571. The third-order valence-corrected chi connectivity index (χ3v) is 3.58. The lowest BCUT2D eigenvalue weighted by molar-refractivity contribution is -0.166. The van der Waals surface area contributed by atoms with Crippen molar-refractivity contribution in [1.29, 1.82) is 0 Å². The average Bonchev–Trinajstić information content (AvgIpc) is 2.29. The zero-order valence-corrected chi connectivity index (χ0v) is 10.4. The second-order valence-corrected chi connectivity index (χ2v) is 4.54. The van der Waals surface area contributed by atoms with Crippen LogP contribution in [0.2, 0.25) is 0 Å². The second kappa shape index (κ2) is 5.63. The Hall–Kier alpha value is -0.900. The van der Waals surface area contributed by atoms with Crippen LogP contribution in [-0.2, 0) is 9.47 Å². The molecule has 1 unspecified atom stereocenters. The van der Waals surface area contributed by atoms with E-state index in [2.05, 4.69) is 6.07 Å². The van der Waals surface area contributed by atoms with Gasteiger partial charge in [0.2, 0.25) is 0 Å². The van der Waals surface area contributed by atoms with E-state index in [9.17, 15) is 5.11 Å². The van der Waals surface area contributed by atoms with Gasteiger partial charge in [-0.25, -0.2) is 0 Å². The molecule has 0 bridgehead atoms. The van der Waals surface area contributed by atoms with Gasteiger partial charge in [0.05, 0.1) is 0 Å². The van der Waals surface area contributed by atoms with E-state index in [1.165, 1.54) is 24.8 Å². The van der Waals surface area contributed by atoms with Crippen molar-refractivity contribution >= 4 is 0 Å². The summed E-state index contributed by atoms with van der Waals surface area (Å²) in [7, 11) is 3.09. The number of ether oxygens (including phenoxy) is 2. The Kier molecular flexibility index (Phi) is 4.15. The van der Waals surface area contributed by atoms with Crippen LogP contribution < -0.4 is 0 Å². The Balaban J connectivity index is 2.24. The van der Waals surface area contributed by atoms with E-state index in [0.29, 0.717) is 5.92 Å². The number of methoxy groups -OCH3 is 2. The van der Waals surface area contributed by atoms with Gasteiger partial charge in [-0.05, 0) is 29.9 Å². The molecule has 1 aliphatic rings. The van der Waals surface area contributed by atoms with E-state index in [-0.39, 0.29) is 0 Å². The Morgan fingerprint density at radius 2 is 1.82 bits per heavy atom. The Labute approximate surface area is 102 Å². The Morgan fingerprint density at radius 3 is 2.35 bits per heavy atom. The van der Waals surface area contributed by atoms with Gasteiger partial charge in [0.1, 0.15) is 6.10 Å². The molecule has 1 atom stereocenters. The van der Waals surface area contributed by atoms with Gasteiger partial charge in [0.15, 0.2) is 6.29 Å². The highest BCUT2D eigenvalue weighted by molar-refractivity contribution is 5.33. The molecule has 1 fully saturated rings. The fourth-order valence-electron chi connectivity index (χ4n) is 2.37. The van der Waals surface area contributed by atoms with Crippen molar-refractivity contribution in [2.24, 2.45) is 0 Å². The van der Waals surface area contributed by atoms with Crippen LogP contribution in [-0.4, -0.2) is 25.6 Å². The van der Waals surface area contributed by atoms with Crippen molar-refractivity contribution in [3.8, 4) is 0 Å². The van der Waals surface area contributed by atoms with Crippen molar-refractivity contribution in [1.82, 2.24) is 0 Å². The highest BCUT2D eigenvalue weighted by Gasteiger charge is 2.27. The van der Waals surface area contributed by atoms with Gasteiger partial charge in [-0.15, -0.1) is 0 Å². The van der Waals surface area contributed by atoms with E-state index in [1.54, 1.807) is 14.2 Å². The number of benzene rings is 1. The summed E-state index contributed by atoms with van der Waals surface area (Å²) in [5.74, 6) is 0.593. The summed E-state index contributed by atoms with van der Waals surface area (Å²) in [4.78, 5) is 0. The smallest absolute Gasteiger partial charge is 0.187 e. The van der Waals surface area contributed by atoms with Crippen molar-refractivity contribution < 1.29 is 14.6 Å². The third kappa shape index (κ3) is 2.51. The summed E-state index contributed by atoms with van der Waals surface area (Å²) >= 11 is 0. The molecule has 94 valence electrons. The predicted molar refractivity (Wildman–Crippen MR) is 65.8 cm³/mol. The monoisotopic (exact) mass is 236 g/mol. The van der Waals surface area contributed by atoms with E-state index in [0.717, 1.165) is 5.56 Å². The molecule has 0 saturated heterocycles. The molecule has 0 heterocycles. The molecule has 0 aromatic heterocycles. The zero-order chi connectivity index (χ0) is 12.3. The summed E-state index contributed by atoms with van der Waals surface area (Å²) < 4.78 is 10.3. The summed E-state index contributed by atoms with van der Waals surface area (Å²) in [5, 5.41) is 10.3. The molecule has 0 spiro atoms. The van der Waals surface area contributed by atoms with Crippen molar-refractivity contribution in [3.05, 3.63) is 35.4 Å². The van der Waals surface area contributed by atoms with E-state index < -0.39 is 12.4 Å². The molecule has 3 heteroatoms. The Morgan fingerprint density at radius 1 is 1.18 bits per heavy atom. The van der Waals surface area contributed by atoms with Crippen LogP contribution in [0.4, 0.5) is 0 Å². The maximum Gasteiger partial charge on any atom is 0.187 e. The first-order valence-electron chi connectivity index (χ1n) is 6.10. The fourth-order valence-corrected chi connectivity index (χ4v) is 2.37. The SMILES string of the molecule is COC(OC)C(O)c1ccccc1C1CCC1. The third-order valence-electron chi connectivity index (χ3n) is 3.58. The predicted octanol–water partition coefficient (Wildman–Crippen LogP) is 2.61. The molecule has 1 aromatic rings. The van der Waals surface area contributed by atoms with Crippen molar-refractivity contribution in [2.75, 3.05) is 14.2 Å². The molecule has 1 N–H and O–H groups in total. The molecule has 0 radical (unpaired) electrons. The van der Waals surface area contributed by atoms with Crippen LogP contribution in [0, 0.1) is 0 Å². The maximum atomic E-state index is 10.3. The first-order chi connectivity index (χ1) is 8.27. The molecule has 1 aromatic carbocycles. The normalized spacial score (nSPS) is 18.1. The van der Waals surface area contributed by atoms with Gasteiger partial charge in [-0.2, -0.15) is 0 Å². The topological polar surface area (TPSA) is 38.7 Å². The molecule has 2 rings (SSSR count). The van der Waals surface area contributed by atoms with E-state index in [1.807, 2.05) is 18.2 Å². The second-order valence-electron chi connectivity index (χ2n) is 4.54. The van der Waals surface area contributed by atoms with E-state index >= 15 is 0 Å². The lowest BCUT2D eigenvalue weighted by Gasteiger charge is -2.30. The van der Waals surface area contributed by atoms with Crippen LogP contribution in [0.25, 0.3) is 0 Å².